The Balaban J connectivity index is 2.08. The van der Waals surface area contributed by atoms with E-state index in [1.54, 1.807) is 0 Å². The highest BCUT2D eigenvalue weighted by atomic mass is 35.5. The van der Waals surface area contributed by atoms with Crippen LogP contribution in [-0.4, -0.2) is 34.6 Å². The van der Waals surface area contributed by atoms with Gasteiger partial charge in [0.05, 0.1) is 6.61 Å². The van der Waals surface area contributed by atoms with Crippen LogP contribution in [-0.2, 0) is 0 Å². The number of hydrogen-bond acceptors (Lipinski definition) is 5. The molecule has 2 heterocycles. The number of ether oxygens (including phenoxy) is 1. The second kappa shape index (κ2) is 6.18. The van der Waals surface area contributed by atoms with Gasteiger partial charge in [0.25, 0.3) is 0 Å². The minimum atomic E-state index is 0.195. The summed E-state index contributed by atoms with van der Waals surface area (Å²) < 4.78 is 5.29. The van der Waals surface area contributed by atoms with Gasteiger partial charge in [-0.05, 0) is 37.3 Å². The van der Waals surface area contributed by atoms with E-state index in [9.17, 15) is 0 Å². The van der Waals surface area contributed by atoms with E-state index >= 15 is 0 Å². The third kappa shape index (κ3) is 3.22. The summed E-state index contributed by atoms with van der Waals surface area (Å²) in [5.41, 5.74) is 0. The highest BCUT2D eigenvalue weighted by molar-refractivity contribution is 6.28. The molecule has 0 spiro atoms. The lowest BCUT2D eigenvalue weighted by Gasteiger charge is -2.31. The van der Waals surface area contributed by atoms with Crippen LogP contribution in [0, 0.1) is 5.92 Å². The van der Waals surface area contributed by atoms with Gasteiger partial charge in [-0.2, -0.15) is 15.0 Å². The Bertz CT molecular complexity index is 394. The molecule has 1 aromatic rings. The Labute approximate surface area is 113 Å². The van der Waals surface area contributed by atoms with Gasteiger partial charge in [-0.15, -0.1) is 0 Å². The Morgan fingerprint density at radius 3 is 2.56 bits per heavy atom. The lowest BCUT2D eigenvalue weighted by atomic mass is 9.95. The largest absolute Gasteiger partial charge is 0.464 e. The van der Waals surface area contributed by atoms with Gasteiger partial charge in [0.1, 0.15) is 0 Å². The smallest absolute Gasteiger partial charge is 0.322 e. The monoisotopic (exact) mass is 270 g/mol. The third-order valence-electron chi connectivity index (χ3n) is 3.32. The molecule has 0 saturated carbocycles. The van der Waals surface area contributed by atoms with Crippen molar-refractivity contribution < 1.29 is 4.74 Å². The van der Waals surface area contributed by atoms with Crippen LogP contribution in [0.2, 0.25) is 5.28 Å². The molecular formula is C12H19ClN4O. The van der Waals surface area contributed by atoms with Crippen molar-refractivity contribution in [2.45, 2.75) is 33.1 Å². The second-order valence-electron chi connectivity index (χ2n) is 4.46. The van der Waals surface area contributed by atoms with Crippen molar-refractivity contribution in [3.63, 3.8) is 0 Å². The Morgan fingerprint density at radius 1 is 1.22 bits per heavy atom. The Hall–Kier alpha value is -1.10. The molecule has 100 valence electrons. The summed E-state index contributed by atoms with van der Waals surface area (Å²) in [6.45, 7) is 6.62. The van der Waals surface area contributed by atoms with Gasteiger partial charge in [0.15, 0.2) is 0 Å². The van der Waals surface area contributed by atoms with E-state index < -0.39 is 0 Å². The molecule has 0 bridgehead atoms. The molecule has 0 N–H and O–H groups in total. The van der Waals surface area contributed by atoms with Crippen LogP contribution in [0.5, 0.6) is 6.01 Å². The molecule has 18 heavy (non-hydrogen) atoms. The first-order valence-corrected chi connectivity index (χ1v) is 6.90. The minimum absolute atomic E-state index is 0.195. The van der Waals surface area contributed by atoms with Gasteiger partial charge in [-0.3, -0.25) is 0 Å². The summed E-state index contributed by atoms with van der Waals surface area (Å²) in [6, 6.07) is 0.310. The molecule has 1 aromatic heterocycles. The van der Waals surface area contributed by atoms with Crippen LogP contribution in [0.4, 0.5) is 5.95 Å². The predicted octanol–water partition coefficient (Wildman–Crippen LogP) is 2.55. The van der Waals surface area contributed by atoms with E-state index in [1.165, 1.54) is 19.3 Å². The number of anilines is 1. The number of aromatic nitrogens is 3. The summed E-state index contributed by atoms with van der Waals surface area (Å²) in [4.78, 5) is 14.6. The fraction of sp³-hybridized carbons (Fsp3) is 0.750. The molecule has 6 heteroatoms. The van der Waals surface area contributed by atoms with Crippen molar-refractivity contribution >= 4 is 17.5 Å². The topological polar surface area (TPSA) is 51.1 Å². The van der Waals surface area contributed by atoms with Crippen LogP contribution in [0.3, 0.4) is 0 Å². The van der Waals surface area contributed by atoms with Gasteiger partial charge in [0, 0.05) is 13.1 Å². The maximum absolute atomic E-state index is 5.89. The van der Waals surface area contributed by atoms with E-state index in [1.807, 2.05) is 6.92 Å². The SMILES string of the molecule is CCOc1nc(Cl)nc(N2CCC(CC)CC2)n1. The lowest BCUT2D eigenvalue weighted by molar-refractivity contribution is 0.310. The Kier molecular flexibility index (Phi) is 4.58. The number of rotatable bonds is 4. The van der Waals surface area contributed by atoms with E-state index in [4.69, 9.17) is 16.3 Å². The number of nitrogens with zero attached hydrogens (tertiary/aromatic N) is 4. The van der Waals surface area contributed by atoms with Gasteiger partial charge < -0.3 is 9.64 Å². The second-order valence-corrected chi connectivity index (χ2v) is 4.80. The van der Waals surface area contributed by atoms with Gasteiger partial charge in [-0.1, -0.05) is 13.3 Å². The molecule has 0 amide bonds. The zero-order valence-corrected chi connectivity index (χ0v) is 11.7. The average Bonchev–Trinajstić information content (AvgIpc) is 2.38. The van der Waals surface area contributed by atoms with Gasteiger partial charge in [0.2, 0.25) is 11.2 Å². The molecule has 1 aliphatic rings. The molecule has 0 aromatic carbocycles. The molecule has 2 rings (SSSR count). The maximum Gasteiger partial charge on any atom is 0.322 e. The van der Waals surface area contributed by atoms with E-state index in [-0.39, 0.29) is 5.28 Å². The standard InChI is InChI=1S/C12H19ClN4O/c1-3-9-5-7-17(8-6-9)11-14-10(13)15-12(16-11)18-4-2/h9H,3-8H2,1-2H3. The van der Waals surface area contributed by atoms with Crippen LogP contribution in [0.25, 0.3) is 0 Å². The molecule has 0 unspecified atom stereocenters. The van der Waals surface area contributed by atoms with Crippen molar-refractivity contribution in [3.05, 3.63) is 5.28 Å². The molecule has 1 fully saturated rings. The van der Waals surface area contributed by atoms with E-state index in [0.717, 1.165) is 19.0 Å². The Morgan fingerprint density at radius 2 is 1.94 bits per heavy atom. The van der Waals surface area contributed by atoms with Gasteiger partial charge >= 0.3 is 6.01 Å². The normalized spacial score (nSPS) is 16.9. The highest BCUT2D eigenvalue weighted by Crippen LogP contribution is 2.24. The van der Waals surface area contributed by atoms with Crippen LogP contribution in [0.15, 0.2) is 0 Å². The zero-order valence-electron chi connectivity index (χ0n) is 10.9. The summed E-state index contributed by atoms with van der Waals surface area (Å²) in [7, 11) is 0. The first-order chi connectivity index (χ1) is 8.72. The van der Waals surface area contributed by atoms with Gasteiger partial charge in [-0.25, -0.2) is 0 Å². The van der Waals surface area contributed by atoms with E-state index in [2.05, 4.69) is 26.8 Å². The maximum atomic E-state index is 5.89. The van der Waals surface area contributed by atoms with Crippen molar-refractivity contribution in [1.82, 2.24) is 15.0 Å². The summed E-state index contributed by atoms with van der Waals surface area (Å²) >= 11 is 5.89. The number of piperidine rings is 1. The summed E-state index contributed by atoms with van der Waals surface area (Å²) in [5, 5.41) is 0.195. The first kappa shape index (κ1) is 13.3. The molecule has 1 aliphatic heterocycles. The summed E-state index contributed by atoms with van der Waals surface area (Å²) in [5.74, 6) is 1.46. The quantitative estimate of drug-likeness (QED) is 0.842. The molecule has 5 nitrogen and oxygen atoms in total. The first-order valence-electron chi connectivity index (χ1n) is 6.52. The fourth-order valence-corrected chi connectivity index (χ4v) is 2.35. The molecule has 0 radical (unpaired) electrons. The minimum Gasteiger partial charge on any atom is -0.464 e. The molecular weight excluding hydrogens is 252 g/mol. The lowest BCUT2D eigenvalue weighted by Crippen LogP contribution is -2.34. The highest BCUT2D eigenvalue weighted by Gasteiger charge is 2.21. The van der Waals surface area contributed by atoms with E-state index in [0.29, 0.717) is 18.6 Å². The average molecular weight is 271 g/mol. The molecule has 1 saturated heterocycles. The van der Waals surface area contributed by atoms with Crippen LogP contribution >= 0.6 is 11.6 Å². The van der Waals surface area contributed by atoms with Crippen LogP contribution < -0.4 is 9.64 Å². The summed E-state index contributed by atoms with van der Waals surface area (Å²) in [6.07, 6.45) is 3.61. The van der Waals surface area contributed by atoms with Crippen LogP contribution in [0.1, 0.15) is 33.1 Å². The number of hydrogen-bond donors (Lipinski definition) is 0. The van der Waals surface area contributed by atoms with Crippen molar-refractivity contribution in [2.24, 2.45) is 5.92 Å². The third-order valence-corrected chi connectivity index (χ3v) is 3.49. The number of halogens is 1. The van der Waals surface area contributed by atoms with Crippen molar-refractivity contribution in [1.29, 1.82) is 0 Å². The zero-order chi connectivity index (χ0) is 13.0. The molecule has 0 aliphatic carbocycles. The van der Waals surface area contributed by atoms with Crippen molar-refractivity contribution in [2.75, 3.05) is 24.6 Å². The molecule has 0 atom stereocenters. The fourth-order valence-electron chi connectivity index (χ4n) is 2.20. The predicted molar refractivity (Wildman–Crippen MR) is 71.2 cm³/mol. The van der Waals surface area contributed by atoms with Crippen molar-refractivity contribution in [3.8, 4) is 6.01 Å².